The van der Waals surface area contributed by atoms with Crippen molar-refractivity contribution in [2.24, 2.45) is 5.92 Å². The van der Waals surface area contributed by atoms with Gasteiger partial charge in [0, 0.05) is 18.5 Å². The molecule has 1 aliphatic carbocycles. The Morgan fingerprint density at radius 1 is 1.04 bits per heavy atom. The average Bonchev–Trinajstić information content (AvgIpc) is 2.87. The molecule has 1 aromatic heterocycles. The molecule has 0 aliphatic heterocycles. The molecule has 0 atom stereocenters. The highest BCUT2D eigenvalue weighted by Gasteiger charge is 2.19. The van der Waals surface area contributed by atoms with E-state index in [1.165, 1.54) is 37.5 Å². The fourth-order valence-corrected chi connectivity index (χ4v) is 4.12. The first-order valence-corrected chi connectivity index (χ1v) is 9.42. The van der Waals surface area contributed by atoms with Gasteiger partial charge >= 0.3 is 0 Å². The average molecular weight is 378 g/mol. The van der Waals surface area contributed by atoms with Gasteiger partial charge in [-0.15, -0.1) is 0 Å². The number of hydrogen-bond acceptors (Lipinski definition) is 4. The van der Waals surface area contributed by atoms with Crippen molar-refractivity contribution in [3.05, 3.63) is 18.2 Å². The van der Waals surface area contributed by atoms with Gasteiger partial charge in [-0.1, -0.05) is 58.3 Å². The highest BCUT2D eigenvalue weighted by Crippen LogP contribution is 2.29. The summed E-state index contributed by atoms with van der Waals surface area (Å²) < 4.78 is 0.953. The minimum atomic E-state index is -0.133. The van der Waals surface area contributed by atoms with Crippen LogP contribution in [0.1, 0.15) is 66.7 Å². The van der Waals surface area contributed by atoms with E-state index >= 15 is 0 Å². The number of rotatable bonds is 3. The van der Waals surface area contributed by atoms with Crippen molar-refractivity contribution >= 4 is 44.2 Å². The van der Waals surface area contributed by atoms with Crippen LogP contribution in [-0.2, 0) is 9.59 Å². The lowest BCUT2D eigenvalue weighted by Crippen LogP contribution is -2.23. The molecule has 0 bridgehead atoms. The van der Waals surface area contributed by atoms with Crippen molar-refractivity contribution in [1.82, 2.24) is 4.98 Å². The highest BCUT2D eigenvalue weighted by atomic mass is 32.1. The standard InChI is InChI=1S/C18H23N3O2S.2CH4/c1-12(22)19-18-21-15-10-9-14(11-16(15)24-18)20-17(23)13-7-5-3-2-4-6-8-13;;/h9-11,13H,2-8H2,1H3,(H,20,23)(H,19,21,22);2*1H4. The van der Waals surface area contributed by atoms with Crippen molar-refractivity contribution < 1.29 is 9.59 Å². The molecule has 6 heteroatoms. The number of aromatic nitrogens is 1. The van der Waals surface area contributed by atoms with E-state index in [1.807, 2.05) is 18.2 Å². The lowest BCUT2D eigenvalue weighted by Gasteiger charge is -2.19. The number of thiazole rings is 1. The first-order valence-electron chi connectivity index (χ1n) is 8.61. The van der Waals surface area contributed by atoms with Crippen molar-refractivity contribution in [2.45, 2.75) is 66.7 Å². The number of nitrogens with zero attached hydrogens (tertiary/aromatic N) is 1. The first-order chi connectivity index (χ1) is 11.6. The van der Waals surface area contributed by atoms with E-state index in [2.05, 4.69) is 15.6 Å². The van der Waals surface area contributed by atoms with Crippen LogP contribution in [0.3, 0.4) is 0 Å². The van der Waals surface area contributed by atoms with Crippen molar-refractivity contribution in [3.8, 4) is 0 Å². The van der Waals surface area contributed by atoms with Crippen LogP contribution in [0.5, 0.6) is 0 Å². The molecule has 1 fully saturated rings. The molecule has 144 valence electrons. The molecule has 2 N–H and O–H groups in total. The van der Waals surface area contributed by atoms with Gasteiger partial charge in [0.15, 0.2) is 5.13 Å². The number of carbonyl (C=O) groups is 2. The van der Waals surface area contributed by atoms with Gasteiger partial charge in [-0.05, 0) is 31.0 Å². The Kier molecular flexibility index (Phi) is 8.72. The van der Waals surface area contributed by atoms with Gasteiger partial charge in [-0.2, -0.15) is 0 Å². The quantitative estimate of drug-likeness (QED) is 0.707. The van der Waals surface area contributed by atoms with E-state index in [9.17, 15) is 9.59 Å². The van der Waals surface area contributed by atoms with E-state index in [4.69, 9.17) is 0 Å². The van der Waals surface area contributed by atoms with Crippen LogP contribution in [0.2, 0.25) is 0 Å². The van der Waals surface area contributed by atoms with Crippen molar-refractivity contribution in [2.75, 3.05) is 10.6 Å². The van der Waals surface area contributed by atoms with Gasteiger partial charge in [0.2, 0.25) is 11.8 Å². The largest absolute Gasteiger partial charge is 0.326 e. The van der Waals surface area contributed by atoms with Crippen LogP contribution < -0.4 is 10.6 Å². The normalized spacial score (nSPS) is 15.1. The molecule has 0 spiro atoms. The Bertz CT molecular complexity index is 734. The Morgan fingerprint density at radius 3 is 2.35 bits per heavy atom. The van der Waals surface area contributed by atoms with Crippen LogP contribution in [0.15, 0.2) is 18.2 Å². The van der Waals surface area contributed by atoms with Crippen molar-refractivity contribution in [3.63, 3.8) is 0 Å². The first kappa shape index (κ1) is 22.1. The summed E-state index contributed by atoms with van der Waals surface area (Å²) >= 11 is 1.41. The lowest BCUT2D eigenvalue weighted by molar-refractivity contribution is -0.120. The van der Waals surface area contributed by atoms with Gasteiger partial charge in [-0.25, -0.2) is 4.98 Å². The molecular weight excluding hydrogens is 346 g/mol. The smallest absolute Gasteiger partial charge is 0.227 e. The summed E-state index contributed by atoms with van der Waals surface area (Å²) in [6, 6.07) is 5.68. The number of hydrogen-bond donors (Lipinski definition) is 2. The van der Waals surface area contributed by atoms with Gasteiger partial charge in [0.05, 0.1) is 10.2 Å². The van der Waals surface area contributed by atoms with E-state index in [-0.39, 0.29) is 32.6 Å². The van der Waals surface area contributed by atoms with Gasteiger partial charge in [0.1, 0.15) is 0 Å². The van der Waals surface area contributed by atoms with E-state index in [0.717, 1.165) is 41.6 Å². The molecule has 1 saturated carbocycles. The SMILES string of the molecule is C.C.CC(=O)Nc1nc2ccc(NC(=O)C3CCCCCCC3)cc2s1. The molecule has 1 aliphatic rings. The molecule has 0 radical (unpaired) electrons. The maximum absolute atomic E-state index is 12.5. The van der Waals surface area contributed by atoms with E-state index in [0.29, 0.717) is 5.13 Å². The third-order valence-corrected chi connectivity index (χ3v) is 5.35. The molecular formula is C20H31N3O2S. The summed E-state index contributed by atoms with van der Waals surface area (Å²) in [5.74, 6) is 0.118. The number of nitrogens with one attached hydrogen (secondary N) is 2. The van der Waals surface area contributed by atoms with Gasteiger partial charge in [-0.3, -0.25) is 9.59 Å². The number of carbonyl (C=O) groups excluding carboxylic acids is 2. The van der Waals surface area contributed by atoms with Crippen LogP contribution >= 0.6 is 11.3 Å². The summed E-state index contributed by atoms with van der Waals surface area (Å²) in [4.78, 5) is 28.0. The predicted octanol–water partition coefficient (Wildman–Crippen LogP) is 5.83. The minimum Gasteiger partial charge on any atom is -0.326 e. The second kappa shape index (κ2) is 10.3. The molecule has 0 unspecified atom stereocenters. The fourth-order valence-electron chi connectivity index (χ4n) is 3.17. The van der Waals surface area contributed by atoms with Gasteiger partial charge < -0.3 is 10.6 Å². The lowest BCUT2D eigenvalue weighted by atomic mass is 9.90. The summed E-state index contributed by atoms with van der Waals surface area (Å²) in [5.41, 5.74) is 1.63. The van der Waals surface area contributed by atoms with Crippen LogP contribution in [0, 0.1) is 5.92 Å². The maximum Gasteiger partial charge on any atom is 0.227 e. The Balaban J connectivity index is 0.00000169. The molecule has 5 nitrogen and oxygen atoms in total. The van der Waals surface area contributed by atoms with Crippen LogP contribution in [-0.4, -0.2) is 16.8 Å². The predicted molar refractivity (Wildman–Crippen MR) is 112 cm³/mol. The highest BCUT2D eigenvalue weighted by molar-refractivity contribution is 7.22. The number of fused-ring (bicyclic) bond motifs is 1. The second-order valence-electron chi connectivity index (χ2n) is 6.41. The number of benzene rings is 1. The molecule has 1 heterocycles. The Morgan fingerprint density at radius 2 is 1.69 bits per heavy atom. The monoisotopic (exact) mass is 377 g/mol. The third kappa shape index (κ3) is 5.80. The van der Waals surface area contributed by atoms with E-state index in [1.54, 1.807) is 0 Å². The van der Waals surface area contributed by atoms with E-state index < -0.39 is 0 Å². The zero-order chi connectivity index (χ0) is 16.9. The molecule has 2 amide bonds. The molecule has 3 rings (SSSR count). The van der Waals surface area contributed by atoms with Gasteiger partial charge in [0.25, 0.3) is 0 Å². The van der Waals surface area contributed by atoms with Crippen molar-refractivity contribution in [1.29, 1.82) is 0 Å². The minimum absolute atomic E-state index is 0. The molecule has 0 saturated heterocycles. The summed E-state index contributed by atoms with van der Waals surface area (Å²) in [5, 5.41) is 6.34. The zero-order valence-electron chi connectivity index (χ0n) is 13.9. The third-order valence-electron chi connectivity index (χ3n) is 4.41. The topological polar surface area (TPSA) is 71.1 Å². The second-order valence-corrected chi connectivity index (χ2v) is 7.44. The summed E-state index contributed by atoms with van der Waals surface area (Å²) in [6.07, 6.45) is 8.04. The zero-order valence-corrected chi connectivity index (χ0v) is 14.7. The Labute approximate surface area is 160 Å². The Hall–Kier alpha value is -1.95. The fraction of sp³-hybridized carbons (Fsp3) is 0.550. The summed E-state index contributed by atoms with van der Waals surface area (Å²) in [7, 11) is 0. The number of amides is 2. The molecule has 2 aromatic rings. The number of anilines is 2. The van der Waals surface area contributed by atoms with Crippen LogP contribution in [0.4, 0.5) is 10.8 Å². The molecule has 1 aromatic carbocycles. The maximum atomic E-state index is 12.5. The van der Waals surface area contributed by atoms with Crippen LogP contribution in [0.25, 0.3) is 10.2 Å². The molecule has 26 heavy (non-hydrogen) atoms. The summed E-state index contributed by atoms with van der Waals surface area (Å²) in [6.45, 7) is 1.46.